The van der Waals surface area contributed by atoms with Crippen molar-refractivity contribution in [3.8, 4) is 0 Å². The van der Waals surface area contributed by atoms with Crippen molar-refractivity contribution in [3.63, 3.8) is 0 Å². The Morgan fingerprint density at radius 1 is 0.895 bits per heavy atom. The maximum atomic E-state index is 6.08. The van der Waals surface area contributed by atoms with Crippen molar-refractivity contribution in [2.45, 2.75) is 13.3 Å². The first kappa shape index (κ1) is 12.1. The van der Waals surface area contributed by atoms with Crippen molar-refractivity contribution < 1.29 is 0 Å². The fourth-order valence-electron chi connectivity index (χ4n) is 2.16. The summed E-state index contributed by atoms with van der Waals surface area (Å²) in [6, 6.07) is 16.5. The molecule has 3 aromatic rings. The van der Waals surface area contributed by atoms with E-state index in [1.54, 1.807) is 0 Å². The second kappa shape index (κ2) is 4.98. The molecule has 2 aromatic carbocycles. The summed E-state index contributed by atoms with van der Waals surface area (Å²) >= 11 is 6.08. The maximum absolute atomic E-state index is 6.08. The van der Waals surface area contributed by atoms with E-state index in [-0.39, 0.29) is 0 Å². The highest BCUT2D eigenvalue weighted by molar-refractivity contribution is 6.34. The molecule has 2 nitrogen and oxygen atoms in total. The van der Waals surface area contributed by atoms with Gasteiger partial charge in [0, 0.05) is 17.2 Å². The molecule has 3 rings (SSSR count). The third-order valence-corrected chi connectivity index (χ3v) is 3.49. The van der Waals surface area contributed by atoms with Gasteiger partial charge in [0.15, 0.2) is 5.15 Å². The largest absolute Gasteiger partial charge is 0.159 e. The number of hydrogen-bond acceptors (Lipinski definition) is 2. The molecule has 0 spiro atoms. The zero-order valence-corrected chi connectivity index (χ0v) is 11.4. The SMILES string of the molecule is Cc1ccc(Cc2nnc(Cl)c3ccccc23)cc1. The van der Waals surface area contributed by atoms with Crippen LogP contribution in [0.25, 0.3) is 10.8 Å². The average molecular weight is 269 g/mol. The van der Waals surface area contributed by atoms with Crippen molar-refractivity contribution in [1.29, 1.82) is 0 Å². The number of aromatic nitrogens is 2. The predicted octanol–water partition coefficient (Wildman–Crippen LogP) is 4.18. The lowest BCUT2D eigenvalue weighted by Gasteiger charge is -2.06. The van der Waals surface area contributed by atoms with Crippen molar-refractivity contribution in [3.05, 3.63) is 70.5 Å². The van der Waals surface area contributed by atoms with Gasteiger partial charge < -0.3 is 0 Å². The first-order chi connectivity index (χ1) is 9.24. The number of halogens is 1. The normalized spacial score (nSPS) is 10.8. The summed E-state index contributed by atoms with van der Waals surface area (Å²) in [4.78, 5) is 0. The Labute approximate surface area is 117 Å². The number of aryl methyl sites for hydroxylation is 1. The van der Waals surface area contributed by atoms with Crippen molar-refractivity contribution in [2.75, 3.05) is 0 Å². The molecule has 0 N–H and O–H groups in total. The van der Waals surface area contributed by atoms with Crippen LogP contribution >= 0.6 is 11.6 Å². The van der Waals surface area contributed by atoms with Crippen LogP contribution in [0.5, 0.6) is 0 Å². The zero-order chi connectivity index (χ0) is 13.2. The lowest BCUT2D eigenvalue weighted by atomic mass is 10.0. The molecule has 3 heteroatoms. The highest BCUT2D eigenvalue weighted by Crippen LogP contribution is 2.24. The van der Waals surface area contributed by atoms with E-state index in [0.717, 1.165) is 22.9 Å². The molecule has 0 amide bonds. The molecule has 0 saturated carbocycles. The third kappa shape index (κ3) is 2.45. The van der Waals surface area contributed by atoms with Crippen LogP contribution < -0.4 is 0 Å². The van der Waals surface area contributed by atoms with Gasteiger partial charge in [0.25, 0.3) is 0 Å². The summed E-state index contributed by atoms with van der Waals surface area (Å²) in [7, 11) is 0. The Balaban J connectivity index is 2.06. The molecule has 1 aromatic heterocycles. The molecule has 0 fully saturated rings. The van der Waals surface area contributed by atoms with E-state index in [4.69, 9.17) is 11.6 Å². The highest BCUT2D eigenvalue weighted by Gasteiger charge is 2.07. The van der Waals surface area contributed by atoms with Crippen LogP contribution in [0.3, 0.4) is 0 Å². The van der Waals surface area contributed by atoms with Gasteiger partial charge in [0.05, 0.1) is 5.69 Å². The van der Waals surface area contributed by atoms with Gasteiger partial charge in [0.2, 0.25) is 0 Å². The Kier molecular flexibility index (Phi) is 3.18. The Morgan fingerprint density at radius 3 is 2.32 bits per heavy atom. The van der Waals surface area contributed by atoms with Crippen molar-refractivity contribution in [1.82, 2.24) is 10.2 Å². The molecule has 94 valence electrons. The van der Waals surface area contributed by atoms with Crippen molar-refractivity contribution >= 4 is 22.4 Å². The molecule has 0 aliphatic heterocycles. The minimum absolute atomic E-state index is 0.461. The smallest absolute Gasteiger partial charge is 0.153 e. The fraction of sp³-hybridized carbons (Fsp3) is 0.125. The summed E-state index contributed by atoms with van der Waals surface area (Å²) in [5, 5.41) is 10.8. The highest BCUT2D eigenvalue weighted by atomic mass is 35.5. The molecule has 1 heterocycles. The van der Waals surface area contributed by atoms with Gasteiger partial charge in [-0.1, -0.05) is 65.7 Å². The first-order valence-electron chi connectivity index (χ1n) is 6.19. The van der Waals surface area contributed by atoms with Gasteiger partial charge in [0.1, 0.15) is 0 Å². The van der Waals surface area contributed by atoms with E-state index in [9.17, 15) is 0 Å². The average Bonchev–Trinajstić information content (AvgIpc) is 2.45. The van der Waals surface area contributed by atoms with E-state index < -0.39 is 0 Å². The number of nitrogens with zero attached hydrogens (tertiary/aromatic N) is 2. The minimum Gasteiger partial charge on any atom is -0.153 e. The van der Waals surface area contributed by atoms with Gasteiger partial charge in [-0.25, -0.2) is 0 Å². The van der Waals surface area contributed by atoms with Gasteiger partial charge in [-0.15, -0.1) is 5.10 Å². The first-order valence-corrected chi connectivity index (χ1v) is 6.57. The summed E-state index contributed by atoms with van der Waals surface area (Å²) < 4.78 is 0. The van der Waals surface area contributed by atoms with E-state index in [1.807, 2.05) is 24.3 Å². The molecule has 0 unspecified atom stereocenters. The molecule has 0 aliphatic rings. The fourth-order valence-corrected chi connectivity index (χ4v) is 2.36. The summed E-state index contributed by atoms with van der Waals surface area (Å²) in [6.45, 7) is 2.08. The van der Waals surface area contributed by atoms with Gasteiger partial charge in [-0.3, -0.25) is 0 Å². The van der Waals surface area contributed by atoms with Crippen LogP contribution in [0.15, 0.2) is 48.5 Å². The molecular weight excluding hydrogens is 256 g/mol. The van der Waals surface area contributed by atoms with Gasteiger partial charge >= 0.3 is 0 Å². The van der Waals surface area contributed by atoms with E-state index in [1.165, 1.54) is 11.1 Å². The number of fused-ring (bicyclic) bond motifs is 1. The van der Waals surface area contributed by atoms with Crippen molar-refractivity contribution in [2.24, 2.45) is 0 Å². The zero-order valence-electron chi connectivity index (χ0n) is 10.6. The van der Waals surface area contributed by atoms with Crippen LogP contribution in [0.4, 0.5) is 0 Å². The van der Waals surface area contributed by atoms with Crippen LogP contribution in [0.1, 0.15) is 16.8 Å². The topological polar surface area (TPSA) is 25.8 Å². The summed E-state index contributed by atoms with van der Waals surface area (Å²) in [5.74, 6) is 0. The Morgan fingerprint density at radius 2 is 1.58 bits per heavy atom. The molecule has 0 atom stereocenters. The minimum atomic E-state index is 0.461. The molecule has 0 bridgehead atoms. The molecule has 0 aliphatic carbocycles. The second-order valence-electron chi connectivity index (χ2n) is 4.65. The van der Waals surface area contributed by atoms with Gasteiger partial charge in [-0.2, -0.15) is 5.10 Å². The Hall–Kier alpha value is -1.93. The quantitative estimate of drug-likeness (QED) is 0.697. The summed E-state index contributed by atoms with van der Waals surface area (Å²) in [6.07, 6.45) is 0.769. The van der Waals surface area contributed by atoms with E-state index in [0.29, 0.717) is 5.15 Å². The van der Waals surface area contributed by atoms with Crippen LogP contribution in [-0.2, 0) is 6.42 Å². The predicted molar refractivity (Wildman–Crippen MR) is 78.5 cm³/mol. The number of hydrogen-bond donors (Lipinski definition) is 0. The third-order valence-electron chi connectivity index (χ3n) is 3.21. The van der Waals surface area contributed by atoms with Gasteiger partial charge in [-0.05, 0) is 12.5 Å². The summed E-state index contributed by atoms with van der Waals surface area (Å²) in [5.41, 5.74) is 3.45. The monoisotopic (exact) mass is 268 g/mol. The number of benzene rings is 2. The Bertz CT molecular complexity index is 720. The van der Waals surface area contributed by atoms with E-state index >= 15 is 0 Å². The van der Waals surface area contributed by atoms with Crippen LogP contribution in [0.2, 0.25) is 5.15 Å². The molecule has 0 radical (unpaired) electrons. The number of rotatable bonds is 2. The molecule has 19 heavy (non-hydrogen) atoms. The van der Waals surface area contributed by atoms with Crippen LogP contribution in [-0.4, -0.2) is 10.2 Å². The lowest BCUT2D eigenvalue weighted by Crippen LogP contribution is -1.97. The lowest BCUT2D eigenvalue weighted by molar-refractivity contribution is 0.958. The van der Waals surface area contributed by atoms with Crippen LogP contribution in [0, 0.1) is 6.92 Å². The van der Waals surface area contributed by atoms with E-state index in [2.05, 4.69) is 41.4 Å². The molecule has 0 saturated heterocycles. The second-order valence-corrected chi connectivity index (χ2v) is 5.00. The molecular formula is C16H13ClN2. The standard InChI is InChI=1S/C16H13ClN2/c1-11-6-8-12(9-7-11)10-15-13-4-2-3-5-14(13)16(17)19-18-15/h2-9H,10H2,1H3. The maximum Gasteiger partial charge on any atom is 0.159 e.